The second-order valence-electron chi connectivity index (χ2n) is 5.70. The van der Waals surface area contributed by atoms with E-state index in [4.69, 9.17) is 4.74 Å². The molecule has 19 heavy (non-hydrogen) atoms. The van der Waals surface area contributed by atoms with E-state index in [1.54, 1.807) is 0 Å². The highest BCUT2D eigenvalue weighted by Crippen LogP contribution is 2.14. The molecule has 0 aliphatic carbocycles. The van der Waals surface area contributed by atoms with Gasteiger partial charge in [-0.05, 0) is 26.4 Å². The lowest BCUT2D eigenvalue weighted by Crippen LogP contribution is -2.48. The lowest BCUT2D eigenvalue weighted by Gasteiger charge is -2.32. The molecule has 2 rings (SSSR count). The van der Waals surface area contributed by atoms with Crippen LogP contribution >= 0.6 is 0 Å². The summed E-state index contributed by atoms with van der Waals surface area (Å²) in [5.41, 5.74) is 0. The Labute approximate surface area is 116 Å². The van der Waals surface area contributed by atoms with Crippen LogP contribution in [0.25, 0.3) is 0 Å². The zero-order chi connectivity index (χ0) is 13.7. The van der Waals surface area contributed by atoms with E-state index in [-0.39, 0.29) is 11.9 Å². The zero-order valence-electron chi connectivity index (χ0n) is 12.2. The van der Waals surface area contributed by atoms with Crippen LogP contribution in [0.3, 0.4) is 0 Å². The molecule has 1 N–H and O–H groups in total. The van der Waals surface area contributed by atoms with Gasteiger partial charge in [-0.25, -0.2) is 0 Å². The van der Waals surface area contributed by atoms with Crippen LogP contribution in [0.2, 0.25) is 0 Å². The Morgan fingerprint density at radius 2 is 2.26 bits per heavy atom. The van der Waals surface area contributed by atoms with Crippen molar-refractivity contribution in [3.63, 3.8) is 0 Å². The molecule has 0 aromatic carbocycles. The van der Waals surface area contributed by atoms with Gasteiger partial charge in [-0.2, -0.15) is 0 Å². The van der Waals surface area contributed by atoms with E-state index in [1.165, 1.54) is 0 Å². The molecule has 2 aliphatic rings. The minimum atomic E-state index is 0.194. The Hall–Kier alpha value is -0.650. The molecule has 2 atom stereocenters. The maximum Gasteiger partial charge on any atom is 0.224 e. The number of carbonyl (C=O) groups is 1. The Morgan fingerprint density at radius 3 is 2.95 bits per heavy atom. The van der Waals surface area contributed by atoms with Gasteiger partial charge in [-0.3, -0.25) is 4.79 Å². The number of rotatable bonds is 3. The summed E-state index contributed by atoms with van der Waals surface area (Å²) in [6.45, 7) is 7.44. The Kier molecular flexibility index (Phi) is 5.60. The first kappa shape index (κ1) is 14.8. The van der Waals surface area contributed by atoms with Gasteiger partial charge in [0.2, 0.25) is 5.91 Å². The topological polar surface area (TPSA) is 44.8 Å². The number of amides is 1. The number of nitrogens with zero attached hydrogens (tertiary/aromatic N) is 2. The van der Waals surface area contributed by atoms with Gasteiger partial charge in [0.1, 0.15) is 0 Å². The summed E-state index contributed by atoms with van der Waals surface area (Å²) < 4.78 is 5.42. The average molecular weight is 269 g/mol. The van der Waals surface area contributed by atoms with E-state index in [2.05, 4.69) is 29.1 Å². The number of carbonyl (C=O) groups excluding carboxylic acids is 1. The first-order valence-electron chi connectivity index (χ1n) is 7.50. The van der Waals surface area contributed by atoms with Gasteiger partial charge >= 0.3 is 0 Å². The Balaban J connectivity index is 1.91. The van der Waals surface area contributed by atoms with E-state index >= 15 is 0 Å². The Morgan fingerprint density at radius 1 is 1.42 bits per heavy atom. The van der Waals surface area contributed by atoms with E-state index in [9.17, 15) is 4.79 Å². The molecule has 2 heterocycles. The van der Waals surface area contributed by atoms with Crippen molar-refractivity contribution in [2.24, 2.45) is 0 Å². The van der Waals surface area contributed by atoms with Crippen molar-refractivity contribution in [1.82, 2.24) is 15.1 Å². The Bertz CT molecular complexity index is 292. The summed E-state index contributed by atoms with van der Waals surface area (Å²) in [5, 5.41) is 3.36. The maximum absolute atomic E-state index is 12.5. The number of hydrogen-bond donors (Lipinski definition) is 1. The number of ether oxygens (including phenoxy) is 1. The molecular formula is C14H27N3O2. The van der Waals surface area contributed by atoms with E-state index in [0.717, 1.165) is 45.6 Å². The van der Waals surface area contributed by atoms with Crippen LogP contribution in [0.15, 0.2) is 0 Å². The molecule has 1 amide bonds. The molecule has 2 fully saturated rings. The van der Waals surface area contributed by atoms with Crippen LogP contribution in [0, 0.1) is 0 Å². The van der Waals surface area contributed by atoms with Gasteiger partial charge in [-0.1, -0.05) is 6.92 Å². The van der Waals surface area contributed by atoms with Gasteiger partial charge in [0.15, 0.2) is 0 Å². The lowest BCUT2D eigenvalue weighted by atomic mass is 10.1. The normalized spacial score (nSPS) is 30.1. The molecule has 0 saturated carbocycles. The molecule has 0 radical (unpaired) electrons. The average Bonchev–Trinajstić information content (AvgIpc) is 2.61. The first-order valence-corrected chi connectivity index (χ1v) is 7.50. The SMILES string of the molecule is CCC1CN(C)CCCN1C(=O)CC1COCCN1. The second kappa shape index (κ2) is 7.22. The standard InChI is InChI=1S/C14H27N3O2/c1-3-13-10-16(2)6-4-7-17(13)14(18)9-12-11-19-8-5-15-12/h12-13,15H,3-11H2,1-2H3. The van der Waals surface area contributed by atoms with Crippen molar-refractivity contribution in [3.8, 4) is 0 Å². The first-order chi connectivity index (χ1) is 9.20. The highest BCUT2D eigenvalue weighted by atomic mass is 16.5. The second-order valence-corrected chi connectivity index (χ2v) is 5.70. The molecule has 5 heteroatoms. The third-order valence-corrected chi connectivity index (χ3v) is 4.11. The third-order valence-electron chi connectivity index (χ3n) is 4.11. The van der Waals surface area contributed by atoms with Gasteiger partial charge in [0, 0.05) is 38.1 Å². The van der Waals surface area contributed by atoms with E-state index < -0.39 is 0 Å². The van der Waals surface area contributed by atoms with Gasteiger partial charge in [-0.15, -0.1) is 0 Å². The molecule has 0 spiro atoms. The predicted octanol–water partition coefficient (Wildman–Crippen LogP) is 0.308. The largest absolute Gasteiger partial charge is 0.378 e. The highest BCUT2D eigenvalue weighted by Gasteiger charge is 2.28. The minimum absolute atomic E-state index is 0.194. The van der Waals surface area contributed by atoms with Crippen molar-refractivity contribution in [1.29, 1.82) is 0 Å². The van der Waals surface area contributed by atoms with Crippen molar-refractivity contribution in [3.05, 3.63) is 0 Å². The summed E-state index contributed by atoms with van der Waals surface area (Å²) >= 11 is 0. The van der Waals surface area contributed by atoms with Crippen LogP contribution in [0.4, 0.5) is 0 Å². The monoisotopic (exact) mass is 269 g/mol. The minimum Gasteiger partial charge on any atom is -0.378 e. The van der Waals surface area contributed by atoms with Crippen molar-refractivity contribution in [2.45, 2.75) is 38.3 Å². The summed E-state index contributed by atoms with van der Waals surface area (Å²) in [7, 11) is 2.15. The molecular weight excluding hydrogens is 242 g/mol. The summed E-state index contributed by atoms with van der Waals surface area (Å²) in [6, 6.07) is 0.559. The van der Waals surface area contributed by atoms with Crippen molar-refractivity contribution >= 4 is 5.91 Å². The molecule has 2 saturated heterocycles. The van der Waals surface area contributed by atoms with E-state index in [0.29, 0.717) is 19.1 Å². The number of morpholine rings is 1. The summed E-state index contributed by atoms with van der Waals surface area (Å²) in [6.07, 6.45) is 2.68. The molecule has 2 aliphatic heterocycles. The van der Waals surface area contributed by atoms with Gasteiger partial charge < -0.3 is 19.9 Å². The summed E-state index contributed by atoms with van der Waals surface area (Å²) in [5.74, 6) is 0.283. The van der Waals surface area contributed by atoms with Crippen LogP contribution in [-0.4, -0.2) is 74.2 Å². The molecule has 5 nitrogen and oxygen atoms in total. The summed E-state index contributed by atoms with van der Waals surface area (Å²) in [4.78, 5) is 16.9. The number of likely N-dealkylation sites (N-methyl/N-ethyl adjacent to an activating group) is 1. The van der Waals surface area contributed by atoms with Crippen molar-refractivity contribution in [2.75, 3.05) is 46.4 Å². The zero-order valence-corrected chi connectivity index (χ0v) is 12.2. The fraction of sp³-hybridized carbons (Fsp3) is 0.929. The van der Waals surface area contributed by atoms with Crippen molar-refractivity contribution < 1.29 is 9.53 Å². The predicted molar refractivity (Wildman–Crippen MR) is 75.1 cm³/mol. The lowest BCUT2D eigenvalue weighted by molar-refractivity contribution is -0.134. The van der Waals surface area contributed by atoms with Crippen LogP contribution in [0.5, 0.6) is 0 Å². The molecule has 110 valence electrons. The molecule has 0 aromatic heterocycles. The van der Waals surface area contributed by atoms with Crippen LogP contribution < -0.4 is 5.32 Å². The molecule has 2 unspecified atom stereocenters. The van der Waals surface area contributed by atoms with Gasteiger partial charge in [0.05, 0.1) is 13.2 Å². The smallest absolute Gasteiger partial charge is 0.224 e. The third kappa shape index (κ3) is 4.16. The molecule has 0 aromatic rings. The quantitative estimate of drug-likeness (QED) is 0.801. The number of hydrogen-bond acceptors (Lipinski definition) is 4. The van der Waals surface area contributed by atoms with E-state index in [1.807, 2.05) is 0 Å². The molecule has 0 bridgehead atoms. The maximum atomic E-state index is 12.5. The van der Waals surface area contributed by atoms with Gasteiger partial charge in [0.25, 0.3) is 0 Å². The van der Waals surface area contributed by atoms with Crippen LogP contribution in [-0.2, 0) is 9.53 Å². The highest BCUT2D eigenvalue weighted by molar-refractivity contribution is 5.77. The fourth-order valence-electron chi connectivity index (χ4n) is 3.00. The fourth-order valence-corrected chi connectivity index (χ4v) is 3.00. The van der Waals surface area contributed by atoms with Crippen LogP contribution in [0.1, 0.15) is 26.2 Å². The number of nitrogens with one attached hydrogen (secondary N) is 1.